The molecule has 11 heteroatoms. The molecule has 2 aromatic rings. The molecule has 1 aliphatic heterocycles. The highest BCUT2D eigenvalue weighted by atomic mass is 32.2. The molecule has 9 nitrogen and oxygen atoms in total. The minimum absolute atomic E-state index is 0.0370. The van der Waals surface area contributed by atoms with Crippen molar-refractivity contribution in [1.29, 1.82) is 0 Å². The van der Waals surface area contributed by atoms with Crippen molar-refractivity contribution in [2.75, 3.05) is 26.8 Å². The van der Waals surface area contributed by atoms with Gasteiger partial charge in [0.05, 0.1) is 30.0 Å². The molecule has 0 bridgehead atoms. The quantitative estimate of drug-likeness (QED) is 0.572. The van der Waals surface area contributed by atoms with Gasteiger partial charge >= 0.3 is 11.9 Å². The molecule has 1 fully saturated rings. The number of sulfonamides is 1. The highest BCUT2D eigenvalue weighted by Gasteiger charge is 2.35. The number of nitrogens with one attached hydrogen (secondary N) is 1. The summed E-state index contributed by atoms with van der Waals surface area (Å²) in [5, 5.41) is 4.58. The summed E-state index contributed by atoms with van der Waals surface area (Å²) < 4.78 is 37.1. The Bertz CT molecular complexity index is 1060. The van der Waals surface area contributed by atoms with Crippen molar-refractivity contribution in [3.8, 4) is 0 Å². The van der Waals surface area contributed by atoms with Crippen molar-refractivity contribution in [2.45, 2.75) is 24.3 Å². The van der Waals surface area contributed by atoms with Crippen LogP contribution in [-0.2, 0) is 35.6 Å². The molecule has 0 atom stereocenters. The SMILES string of the molecule is COC(=O)c1ccccc1S(=O)(=O)N1CCC(C(=O)OCC(=O)NCc2cccs2)CC1. The van der Waals surface area contributed by atoms with Crippen LogP contribution in [0.5, 0.6) is 0 Å². The van der Waals surface area contributed by atoms with Crippen LogP contribution in [0.2, 0.25) is 0 Å². The number of benzene rings is 1. The van der Waals surface area contributed by atoms with Crippen LogP contribution in [-0.4, -0.2) is 57.4 Å². The maximum Gasteiger partial charge on any atom is 0.339 e. The van der Waals surface area contributed by atoms with Crippen LogP contribution in [0.1, 0.15) is 28.1 Å². The fraction of sp³-hybridized carbons (Fsp3) is 0.381. The van der Waals surface area contributed by atoms with Gasteiger partial charge in [0.15, 0.2) is 6.61 Å². The highest BCUT2D eigenvalue weighted by molar-refractivity contribution is 7.89. The van der Waals surface area contributed by atoms with Crippen molar-refractivity contribution < 1.29 is 32.3 Å². The van der Waals surface area contributed by atoms with Crippen LogP contribution in [0.25, 0.3) is 0 Å². The summed E-state index contributed by atoms with van der Waals surface area (Å²) in [5.41, 5.74) is -0.0370. The summed E-state index contributed by atoms with van der Waals surface area (Å²) >= 11 is 1.51. The predicted octanol–water partition coefficient (Wildman–Crippen LogP) is 1.79. The third-order valence-electron chi connectivity index (χ3n) is 5.08. The first-order valence-corrected chi connectivity index (χ1v) is 12.3. The van der Waals surface area contributed by atoms with Gasteiger partial charge in [0.2, 0.25) is 10.0 Å². The van der Waals surface area contributed by atoms with Crippen LogP contribution in [0, 0.1) is 5.92 Å². The number of carbonyl (C=O) groups excluding carboxylic acids is 3. The lowest BCUT2D eigenvalue weighted by molar-refractivity contribution is -0.153. The Balaban J connectivity index is 1.51. The first-order valence-electron chi connectivity index (χ1n) is 9.96. The molecule has 3 rings (SSSR count). The Morgan fingerprint density at radius 1 is 1.12 bits per heavy atom. The first kappa shape index (κ1) is 23.9. The number of amides is 1. The van der Waals surface area contributed by atoms with E-state index >= 15 is 0 Å². The van der Waals surface area contributed by atoms with Crippen LogP contribution >= 0.6 is 11.3 Å². The maximum absolute atomic E-state index is 13.0. The number of nitrogens with zero attached hydrogens (tertiary/aromatic N) is 1. The topological polar surface area (TPSA) is 119 Å². The Morgan fingerprint density at radius 2 is 1.84 bits per heavy atom. The Labute approximate surface area is 190 Å². The molecule has 1 aliphatic rings. The standard InChI is InChI=1S/C21H24N2O7S2/c1-29-21(26)17-6-2-3-7-18(17)32(27,28)23-10-8-15(9-11-23)20(25)30-14-19(24)22-13-16-5-4-12-31-16/h2-7,12,15H,8-11,13-14H2,1H3,(H,22,24). The lowest BCUT2D eigenvalue weighted by Gasteiger charge is -2.30. The van der Waals surface area contributed by atoms with Gasteiger partial charge in [-0.3, -0.25) is 9.59 Å². The second kappa shape index (κ2) is 10.7. The number of carbonyl (C=O) groups is 3. The van der Waals surface area contributed by atoms with E-state index in [-0.39, 0.29) is 43.0 Å². The van der Waals surface area contributed by atoms with Crippen LogP contribution < -0.4 is 5.32 Å². The monoisotopic (exact) mass is 480 g/mol. The summed E-state index contributed by atoms with van der Waals surface area (Å²) in [4.78, 5) is 37.0. The van der Waals surface area contributed by atoms with Crippen molar-refractivity contribution in [3.05, 3.63) is 52.2 Å². The summed E-state index contributed by atoms with van der Waals surface area (Å²) in [7, 11) is -2.75. The van der Waals surface area contributed by atoms with E-state index in [1.807, 2.05) is 17.5 Å². The van der Waals surface area contributed by atoms with E-state index in [1.54, 1.807) is 6.07 Å². The molecule has 0 aliphatic carbocycles. The van der Waals surface area contributed by atoms with E-state index in [2.05, 4.69) is 10.1 Å². The molecule has 1 aromatic heterocycles. The number of methoxy groups -OCH3 is 1. The molecule has 0 radical (unpaired) electrons. The van der Waals surface area contributed by atoms with Crippen molar-refractivity contribution in [2.24, 2.45) is 5.92 Å². The van der Waals surface area contributed by atoms with Gasteiger partial charge in [0.25, 0.3) is 5.91 Å². The van der Waals surface area contributed by atoms with Crippen LogP contribution in [0.3, 0.4) is 0 Å². The van der Waals surface area contributed by atoms with E-state index in [9.17, 15) is 22.8 Å². The Kier molecular flexibility index (Phi) is 7.99. The molecular formula is C21H24N2O7S2. The Hall–Kier alpha value is -2.76. The average molecular weight is 481 g/mol. The fourth-order valence-corrected chi connectivity index (χ4v) is 5.64. The van der Waals surface area contributed by atoms with Gasteiger partial charge in [0.1, 0.15) is 0 Å². The van der Waals surface area contributed by atoms with E-state index in [0.29, 0.717) is 6.54 Å². The minimum Gasteiger partial charge on any atom is -0.465 e. The third-order valence-corrected chi connectivity index (χ3v) is 7.92. The number of esters is 2. The van der Waals surface area contributed by atoms with Crippen LogP contribution in [0.4, 0.5) is 0 Å². The lowest BCUT2D eigenvalue weighted by atomic mass is 9.98. The highest BCUT2D eigenvalue weighted by Crippen LogP contribution is 2.26. The molecule has 2 heterocycles. The maximum atomic E-state index is 13.0. The van der Waals surface area contributed by atoms with E-state index in [4.69, 9.17) is 4.74 Å². The van der Waals surface area contributed by atoms with Gasteiger partial charge < -0.3 is 14.8 Å². The molecule has 0 saturated carbocycles. The summed E-state index contributed by atoms with van der Waals surface area (Å²) in [6.45, 7) is 0.191. The van der Waals surface area contributed by atoms with Gasteiger partial charge in [-0.25, -0.2) is 13.2 Å². The van der Waals surface area contributed by atoms with E-state index < -0.39 is 33.8 Å². The zero-order chi connectivity index (χ0) is 23.1. The average Bonchev–Trinajstić information content (AvgIpc) is 3.34. The molecule has 1 N–H and O–H groups in total. The number of hydrogen-bond acceptors (Lipinski definition) is 8. The van der Waals surface area contributed by atoms with Gasteiger partial charge in [0, 0.05) is 18.0 Å². The van der Waals surface area contributed by atoms with Gasteiger partial charge in [-0.1, -0.05) is 18.2 Å². The molecule has 0 unspecified atom stereocenters. The number of ether oxygens (including phenoxy) is 2. The van der Waals surface area contributed by atoms with Crippen molar-refractivity contribution in [3.63, 3.8) is 0 Å². The molecule has 1 amide bonds. The van der Waals surface area contributed by atoms with Crippen molar-refractivity contribution >= 4 is 39.2 Å². The first-order chi connectivity index (χ1) is 15.3. The largest absolute Gasteiger partial charge is 0.465 e. The molecule has 1 aromatic carbocycles. The second-order valence-corrected chi connectivity index (χ2v) is 10.1. The van der Waals surface area contributed by atoms with E-state index in [1.165, 1.54) is 41.0 Å². The van der Waals surface area contributed by atoms with E-state index in [0.717, 1.165) is 4.88 Å². The zero-order valence-electron chi connectivity index (χ0n) is 17.5. The number of hydrogen-bond donors (Lipinski definition) is 1. The predicted molar refractivity (Wildman–Crippen MR) is 116 cm³/mol. The summed E-state index contributed by atoms with van der Waals surface area (Å²) in [6, 6.07) is 9.62. The molecule has 32 heavy (non-hydrogen) atoms. The molecular weight excluding hydrogens is 456 g/mol. The van der Waals surface area contributed by atoms with Gasteiger partial charge in [-0.05, 0) is 36.4 Å². The number of rotatable bonds is 8. The molecule has 1 saturated heterocycles. The normalized spacial score (nSPS) is 15.2. The second-order valence-electron chi connectivity index (χ2n) is 7.13. The van der Waals surface area contributed by atoms with Gasteiger partial charge in [-0.15, -0.1) is 11.3 Å². The number of piperidine rings is 1. The number of thiophene rings is 1. The third kappa shape index (κ3) is 5.72. The summed E-state index contributed by atoms with van der Waals surface area (Å²) in [6.07, 6.45) is 0.518. The van der Waals surface area contributed by atoms with Gasteiger partial charge in [-0.2, -0.15) is 4.31 Å². The lowest BCUT2D eigenvalue weighted by Crippen LogP contribution is -2.41. The summed E-state index contributed by atoms with van der Waals surface area (Å²) in [5.74, 6) is -2.16. The molecule has 172 valence electrons. The van der Waals surface area contributed by atoms with Crippen LogP contribution in [0.15, 0.2) is 46.7 Å². The minimum atomic E-state index is -3.93. The fourth-order valence-electron chi connectivity index (χ4n) is 3.35. The molecule has 0 spiro atoms. The smallest absolute Gasteiger partial charge is 0.339 e. The van der Waals surface area contributed by atoms with Crippen molar-refractivity contribution in [1.82, 2.24) is 9.62 Å². The zero-order valence-corrected chi connectivity index (χ0v) is 19.1. The Morgan fingerprint density at radius 3 is 2.50 bits per heavy atom.